The van der Waals surface area contributed by atoms with Gasteiger partial charge in [0.25, 0.3) is 0 Å². The summed E-state index contributed by atoms with van der Waals surface area (Å²) in [6.45, 7) is 1.92. The van der Waals surface area contributed by atoms with Gasteiger partial charge in [-0.15, -0.1) is 0 Å². The zero-order valence-electron chi connectivity index (χ0n) is 10.9. The van der Waals surface area contributed by atoms with E-state index in [4.69, 9.17) is 10.2 Å². The highest BCUT2D eigenvalue weighted by Gasteiger charge is 2.30. The van der Waals surface area contributed by atoms with E-state index in [1.165, 1.54) is 0 Å². The van der Waals surface area contributed by atoms with Crippen LogP contribution in [0.2, 0.25) is 0 Å². The molecule has 7 heteroatoms. The van der Waals surface area contributed by atoms with Crippen molar-refractivity contribution >= 4 is 18.0 Å². The van der Waals surface area contributed by atoms with E-state index in [1.807, 2.05) is 6.92 Å². The number of carbonyl (C=O) groups excluding carboxylic acids is 1. The second-order valence-electron chi connectivity index (χ2n) is 5.21. The van der Waals surface area contributed by atoms with Crippen LogP contribution in [0.1, 0.15) is 45.4 Å². The molecule has 1 aliphatic carbocycles. The maximum absolute atomic E-state index is 11.7. The zero-order chi connectivity index (χ0) is 14.5. The Morgan fingerprint density at radius 1 is 1.16 bits per heavy atom. The summed E-state index contributed by atoms with van der Waals surface area (Å²) >= 11 is 0. The van der Waals surface area contributed by atoms with Crippen LogP contribution in [0.3, 0.4) is 0 Å². The molecule has 0 saturated heterocycles. The molecule has 7 nitrogen and oxygen atoms in total. The van der Waals surface area contributed by atoms with E-state index in [9.17, 15) is 14.4 Å². The van der Waals surface area contributed by atoms with E-state index in [0.717, 1.165) is 32.1 Å². The Labute approximate surface area is 111 Å². The number of nitrogens with one attached hydrogen (secondary N) is 2. The fraction of sp³-hybridized carbons (Fsp3) is 0.750. The first-order valence-electron chi connectivity index (χ1n) is 6.36. The standard InChI is InChI=1S/C12H20N2O5/c1-12(5-3-2-4-6-12)14-11(19)13-8(10(17)18)7-9(15)16/h8H,2-7H2,1H3,(H,15,16)(H,17,18)(H2,13,14,19)/t8-/m1/s1. The predicted molar refractivity (Wildman–Crippen MR) is 66.8 cm³/mol. The Bertz CT molecular complexity index is 363. The van der Waals surface area contributed by atoms with Gasteiger partial charge in [0, 0.05) is 5.54 Å². The predicted octanol–water partition coefficient (Wildman–Crippen LogP) is 0.936. The fourth-order valence-electron chi connectivity index (χ4n) is 2.30. The molecule has 1 rings (SSSR count). The van der Waals surface area contributed by atoms with Crippen LogP contribution in [0.5, 0.6) is 0 Å². The monoisotopic (exact) mass is 272 g/mol. The molecule has 0 aliphatic heterocycles. The third-order valence-electron chi connectivity index (χ3n) is 3.35. The summed E-state index contributed by atoms with van der Waals surface area (Å²) in [4.78, 5) is 33.1. The lowest BCUT2D eigenvalue weighted by atomic mass is 9.83. The van der Waals surface area contributed by atoms with E-state index < -0.39 is 30.4 Å². The lowest BCUT2D eigenvalue weighted by molar-refractivity contribution is -0.145. The van der Waals surface area contributed by atoms with Gasteiger partial charge in [0.1, 0.15) is 6.04 Å². The molecule has 108 valence electrons. The molecule has 0 radical (unpaired) electrons. The summed E-state index contributed by atoms with van der Waals surface area (Å²) in [6, 6.07) is -2.04. The zero-order valence-corrected chi connectivity index (χ0v) is 10.9. The van der Waals surface area contributed by atoms with Crippen LogP contribution < -0.4 is 10.6 Å². The fourth-order valence-corrected chi connectivity index (χ4v) is 2.30. The minimum Gasteiger partial charge on any atom is -0.481 e. The molecule has 1 fully saturated rings. The topological polar surface area (TPSA) is 116 Å². The lowest BCUT2D eigenvalue weighted by Crippen LogP contribution is -2.54. The molecule has 0 aromatic carbocycles. The van der Waals surface area contributed by atoms with E-state index in [-0.39, 0.29) is 5.54 Å². The van der Waals surface area contributed by atoms with Gasteiger partial charge in [-0.2, -0.15) is 0 Å². The molecule has 1 aliphatic rings. The Kier molecular flexibility index (Phi) is 5.14. The smallest absolute Gasteiger partial charge is 0.326 e. The third kappa shape index (κ3) is 5.15. The van der Waals surface area contributed by atoms with Gasteiger partial charge in [0.05, 0.1) is 6.42 Å². The number of aliphatic carboxylic acids is 2. The van der Waals surface area contributed by atoms with Gasteiger partial charge in [-0.25, -0.2) is 9.59 Å². The largest absolute Gasteiger partial charge is 0.481 e. The van der Waals surface area contributed by atoms with Crippen molar-refractivity contribution < 1.29 is 24.6 Å². The maximum atomic E-state index is 11.7. The summed E-state index contributed by atoms with van der Waals surface area (Å²) in [5.74, 6) is -2.62. The third-order valence-corrected chi connectivity index (χ3v) is 3.35. The van der Waals surface area contributed by atoms with Gasteiger partial charge in [0.2, 0.25) is 0 Å². The minimum atomic E-state index is -1.41. The van der Waals surface area contributed by atoms with Crippen LogP contribution >= 0.6 is 0 Å². The highest BCUT2D eigenvalue weighted by molar-refractivity contribution is 5.86. The summed E-state index contributed by atoms with van der Waals surface area (Å²) in [6.07, 6.45) is 4.23. The molecule has 0 bridgehead atoms. The van der Waals surface area contributed by atoms with Crippen LogP contribution in [-0.2, 0) is 9.59 Å². The van der Waals surface area contributed by atoms with Crippen molar-refractivity contribution in [3.05, 3.63) is 0 Å². The Balaban J connectivity index is 2.52. The van der Waals surface area contributed by atoms with E-state index in [1.54, 1.807) is 0 Å². The Morgan fingerprint density at radius 3 is 2.21 bits per heavy atom. The number of carboxylic acids is 2. The van der Waals surface area contributed by atoms with Crippen LogP contribution in [0.15, 0.2) is 0 Å². The van der Waals surface area contributed by atoms with Gasteiger partial charge in [0.15, 0.2) is 0 Å². The first kappa shape index (κ1) is 15.3. The Morgan fingerprint density at radius 2 is 1.74 bits per heavy atom. The maximum Gasteiger partial charge on any atom is 0.326 e. The number of hydrogen-bond acceptors (Lipinski definition) is 3. The van der Waals surface area contributed by atoms with Gasteiger partial charge in [-0.3, -0.25) is 4.79 Å². The number of carboxylic acid groups (broad SMARTS) is 2. The first-order chi connectivity index (χ1) is 8.82. The van der Waals surface area contributed by atoms with Crippen molar-refractivity contribution in [2.45, 2.75) is 57.0 Å². The molecule has 0 aromatic heterocycles. The summed E-state index contributed by atoms with van der Waals surface area (Å²) in [5, 5.41) is 22.4. The molecule has 1 saturated carbocycles. The summed E-state index contributed by atoms with van der Waals surface area (Å²) in [5.41, 5.74) is -0.339. The molecule has 0 aromatic rings. The minimum absolute atomic E-state index is 0.339. The van der Waals surface area contributed by atoms with Crippen molar-refractivity contribution in [3.8, 4) is 0 Å². The SMILES string of the molecule is CC1(NC(=O)N[C@H](CC(=O)O)C(=O)O)CCCCC1. The van der Waals surface area contributed by atoms with Crippen molar-refractivity contribution in [2.24, 2.45) is 0 Å². The van der Waals surface area contributed by atoms with E-state index in [2.05, 4.69) is 10.6 Å². The molecular weight excluding hydrogens is 252 g/mol. The van der Waals surface area contributed by atoms with Crippen molar-refractivity contribution in [2.75, 3.05) is 0 Å². The molecular formula is C12H20N2O5. The molecule has 0 heterocycles. The number of amides is 2. The highest BCUT2D eigenvalue weighted by Crippen LogP contribution is 2.27. The molecule has 0 spiro atoms. The second kappa shape index (κ2) is 6.40. The first-order valence-corrected chi connectivity index (χ1v) is 6.36. The normalized spacial score (nSPS) is 19.2. The molecule has 4 N–H and O–H groups in total. The summed E-state index contributed by atoms with van der Waals surface area (Å²) < 4.78 is 0. The van der Waals surface area contributed by atoms with Gasteiger partial charge >= 0.3 is 18.0 Å². The molecule has 19 heavy (non-hydrogen) atoms. The van der Waals surface area contributed by atoms with Gasteiger partial charge < -0.3 is 20.8 Å². The van der Waals surface area contributed by atoms with Gasteiger partial charge in [-0.05, 0) is 19.8 Å². The highest BCUT2D eigenvalue weighted by atomic mass is 16.4. The average Bonchev–Trinajstić information content (AvgIpc) is 2.27. The van der Waals surface area contributed by atoms with Crippen LogP contribution in [-0.4, -0.2) is 39.8 Å². The quantitative estimate of drug-likeness (QED) is 0.594. The average molecular weight is 272 g/mol. The van der Waals surface area contributed by atoms with Crippen molar-refractivity contribution in [1.82, 2.24) is 10.6 Å². The number of hydrogen-bond donors (Lipinski definition) is 4. The molecule has 0 unspecified atom stereocenters. The van der Waals surface area contributed by atoms with Crippen LogP contribution in [0.4, 0.5) is 4.79 Å². The number of urea groups is 1. The van der Waals surface area contributed by atoms with Crippen LogP contribution in [0, 0.1) is 0 Å². The van der Waals surface area contributed by atoms with Crippen molar-refractivity contribution in [1.29, 1.82) is 0 Å². The lowest BCUT2D eigenvalue weighted by Gasteiger charge is -2.34. The molecule has 2 amide bonds. The molecule has 1 atom stereocenters. The van der Waals surface area contributed by atoms with E-state index >= 15 is 0 Å². The van der Waals surface area contributed by atoms with Gasteiger partial charge in [-0.1, -0.05) is 19.3 Å². The van der Waals surface area contributed by atoms with Crippen LogP contribution in [0.25, 0.3) is 0 Å². The van der Waals surface area contributed by atoms with Crippen molar-refractivity contribution in [3.63, 3.8) is 0 Å². The summed E-state index contributed by atoms with van der Waals surface area (Å²) in [7, 11) is 0. The van der Waals surface area contributed by atoms with E-state index in [0.29, 0.717) is 0 Å². The second-order valence-corrected chi connectivity index (χ2v) is 5.21. The number of carbonyl (C=O) groups is 3. The number of rotatable bonds is 5. The Hall–Kier alpha value is -1.79.